The predicted octanol–water partition coefficient (Wildman–Crippen LogP) is 2.81. The van der Waals surface area contributed by atoms with Crippen molar-refractivity contribution in [3.8, 4) is 0 Å². The normalized spacial score (nSPS) is 25.1. The molecule has 1 aliphatic carbocycles. The highest BCUT2D eigenvalue weighted by atomic mass is 19.1. The van der Waals surface area contributed by atoms with Gasteiger partial charge in [0.05, 0.1) is 0 Å². The van der Waals surface area contributed by atoms with Gasteiger partial charge >= 0.3 is 5.97 Å². The zero-order chi connectivity index (χ0) is 19.2. The molecule has 3 aliphatic rings. The maximum atomic E-state index is 13.9. The average Bonchev–Trinajstić information content (AvgIpc) is 3.43. The molecule has 6 heteroatoms. The van der Waals surface area contributed by atoms with Gasteiger partial charge in [-0.15, -0.1) is 0 Å². The van der Waals surface area contributed by atoms with Crippen molar-refractivity contribution < 1.29 is 19.1 Å². The topological polar surface area (TPSA) is 60.9 Å². The van der Waals surface area contributed by atoms with Crippen LogP contribution < -0.4 is 0 Å². The molecule has 1 N–H and O–H groups in total. The van der Waals surface area contributed by atoms with Crippen LogP contribution in [0.25, 0.3) is 0 Å². The molecule has 0 unspecified atom stereocenters. The van der Waals surface area contributed by atoms with E-state index in [1.54, 1.807) is 13.0 Å². The number of aliphatic carboxylic acids is 1. The van der Waals surface area contributed by atoms with Crippen LogP contribution in [-0.4, -0.2) is 52.5 Å². The van der Waals surface area contributed by atoms with Crippen molar-refractivity contribution in [3.63, 3.8) is 0 Å². The van der Waals surface area contributed by atoms with Gasteiger partial charge in [-0.05, 0) is 61.6 Å². The number of carboxylic acid groups (broad SMARTS) is 1. The van der Waals surface area contributed by atoms with Gasteiger partial charge in [0.1, 0.15) is 11.9 Å². The second-order valence-corrected chi connectivity index (χ2v) is 8.59. The molecule has 0 radical (unpaired) electrons. The molecule has 5 nitrogen and oxygen atoms in total. The summed E-state index contributed by atoms with van der Waals surface area (Å²) < 4.78 is 13.9. The van der Waals surface area contributed by atoms with E-state index in [1.165, 1.54) is 6.07 Å². The van der Waals surface area contributed by atoms with Gasteiger partial charge < -0.3 is 10.0 Å². The number of amides is 1. The number of benzene rings is 1. The highest BCUT2D eigenvalue weighted by Crippen LogP contribution is 2.45. The maximum absolute atomic E-state index is 13.9. The third-order valence-electron chi connectivity index (χ3n) is 6.71. The Balaban J connectivity index is 1.46. The number of rotatable bonds is 4. The van der Waals surface area contributed by atoms with E-state index >= 15 is 0 Å². The Morgan fingerprint density at radius 3 is 2.59 bits per heavy atom. The van der Waals surface area contributed by atoms with E-state index in [0.717, 1.165) is 44.3 Å². The Morgan fingerprint density at radius 2 is 1.96 bits per heavy atom. The van der Waals surface area contributed by atoms with Crippen LogP contribution in [0.5, 0.6) is 0 Å². The number of carbonyl (C=O) groups is 2. The first-order valence-electron chi connectivity index (χ1n) is 9.88. The second-order valence-electron chi connectivity index (χ2n) is 8.59. The number of hydrogen-bond acceptors (Lipinski definition) is 3. The first-order valence-corrected chi connectivity index (χ1v) is 9.88. The van der Waals surface area contributed by atoms with Crippen molar-refractivity contribution in [2.75, 3.05) is 19.6 Å². The number of nitrogens with zero attached hydrogens (tertiary/aromatic N) is 2. The molecule has 1 saturated carbocycles. The Hall–Kier alpha value is -1.95. The molecule has 2 saturated heterocycles. The molecule has 1 amide bonds. The summed E-state index contributed by atoms with van der Waals surface area (Å²) in [5.74, 6) is -0.538. The van der Waals surface area contributed by atoms with Gasteiger partial charge in [0, 0.05) is 32.1 Å². The van der Waals surface area contributed by atoms with Crippen molar-refractivity contribution in [2.45, 2.75) is 51.6 Å². The molecule has 4 rings (SSSR count). The van der Waals surface area contributed by atoms with E-state index in [9.17, 15) is 19.1 Å². The van der Waals surface area contributed by atoms with E-state index in [0.29, 0.717) is 25.1 Å². The molecular weight excluding hydrogens is 347 g/mol. The standard InChI is InChI=1S/C21H27FN2O3/c1-14-16(3-2-4-17(14)22)12-24-13-21(11-18(24)20(26)27)7-9-23(10-8-21)19(25)15-5-6-15/h2-4,15,18H,5-13H2,1H3,(H,26,27)/t18-/m0/s1. The Morgan fingerprint density at radius 1 is 1.26 bits per heavy atom. The van der Waals surface area contributed by atoms with Crippen LogP contribution in [0.4, 0.5) is 4.39 Å². The molecule has 0 bridgehead atoms. The molecule has 0 aromatic heterocycles. The summed E-state index contributed by atoms with van der Waals surface area (Å²) in [6, 6.07) is 4.45. The van der Waals surface area contributed by atoms with Gasteiger partial charge in [0.15, 0.2) is 0 Å². The van der Waals surface area contributed by atoms with E-state index in [4.69, 9.17) is 0 Å². The van der Waals surface area contributed by atoms with Crippen molar-refractivity contribution >= 4 is 11.9 Å². The molecule has 2 aliphatic heterocycles. The first kappa shape index (κ1) is 18.4. The summed E-state index contributed by atoms with van der Waals surface area (Å²) in [5, 5.41) is 9.74. The van der Waals surface area contributed by atoms with Crippen molar-refractivity contribution in [1.29, 1.82) is 0 Å². The minimum atomic E-state index is -0.808. The highest BCUT2D eigenvalue weighted by Gasteiger charge is 2.49. The largest absolute Gasteiger partial charge is 0.480 e. The van der Waals surface area contributed by atoms with Crippen LogP contribution in [0.15, 0.2) is 18.2 Å². The van der Waals surface area contributed by atoms with Crippen molar-refractivity contribution in [1.82, 2.24) is 9.80 Å². The monoisotopic (exact) mass is 374 g/mol. The SMILES string of the molecule is Cc1c(F)cccc1CN1CC2(CCN(C(=O)C3CC3)CC2)C[C@H]1C(=O)O. The van der Waals surface area contributed by atoms with Gasteiger partial charge in [-0.25, -0.2) is 4.39 Å². The van der Waals surface area contributed by atoms with Crippen LogP contribution in [0.1, 0.15) is 43.2 Å². The van der Waals surface area contributed by atoms with E-state index in [1.807, 2.05) is 15.9 Å². The van der Waals surface area contributed by atoms with Gasteiger partial charge in [-0.1, -0.05) is 12.1 Å². The lowest BCUT2D eigenvalue weighted by Gasteiger charge is -2.39. The maximum Gasteiger partial charge on any atom is 0.320 e. The van der Waals surface area contributed by atoms with Gasteiger partial charge in [0.25, 0.3) is 0 Å². The third kappa shape index (κ3) is 3.59. The Labute approximate surface area is 159 Å². The van der Waals surface area contributed by atoms with Crippen molar-refractivity contribution in [3.05, 3.63) is 35.1 Å². The fourth-order valence-corrected chi connectivity index (χ4v) is 4.75. The van der Waals surface area contributed by atoms with Crippen LogP contribution in [0, 0.1) is 24.1 Å². The molecular formula is C21H27FN2O3. The average molecular weight is 374 g/mol. The highest BCUT2D eigenvalue weighted by molar-refractivity contribution is 5.81. The molecule has 1 aromatic carbocycles. The van der Waals surface area contributed by atoms with Crippen molar-refractivity contribution in [2.24, 2.45) is 11.3 Å². The number of hydrogen-bond donors (Lipinski definition) is 1. The molecule has 1 aromatic rings. The molecule has 2 heterocycles. The van der Waals surface area contributed by atoms with E-state index in [2.05, 4.69) is 0 Å². The van der Waals surface area contributed by atoms with Crippen LogP contribution in [0.3, 0.4) is 0 Å². The van der Waals surface area contributed by atoms with Crippen LogP contribution in [0.2, 0.25) is 0 Å². The summed E-state index contributed by atoms with van der Waals surface area (Å²) in [4.78, 5) is 28.1. The third-order valence-corrected chi connectivity index (χ3v) is 6.71. The summed E-state index contributed by atoms with van der Waals surface area (Å²) >= 11 is 0. The Kier molecular flexibility index (Phi) is 4.70. The Bertz CT molecular complexity index is 754. The lowest BCUT2D eigenvalue weighted by atomic mass is 9.76. The van der Waals surface area contributed by atoms with Gasteiger partial charge in [-0.2, -0.15) is 0 Å². The fraction of sp³-hybridized carbons (Fsp3) is 0.619. The molecule has 3 fully saturated rings. The molecule has 27 heavy (non-hydrogen) atoms. The van der Waals surface area contributed by atoms with Gasteiger partial charge in [-0.3, -0.25) is 14.5 Å². The first-order chi connectivity index (χ1) is 12.9. The fourth-order valence-electron chi connectivity index (χ4n) is 4.75. The molecule has 1 atom stereocenters. The molecule has 146 valence electrons. The van der Waals surface area contributed by atoms with Crippen LogP contribution >= 0.6 is 0 Å². The quantitative estimate of drug-likeness (QED) is 0.880. The smallest absolute Gasteiger partial charge is 0.320 e. The second kappa shape index (κ2) is 6.89. The summed E-state index contributed by atoms with van der Waals surface area (Å²) in [6.07, 6.45) is 4.36. The minimum Gasteiger partial charge on any atom is -0.480 e. The number of piperidine rings is 1. The van der Waals surface area contributed by atoms with E-state index in [-0.39, 0.29) is 23.1 Å². The summed E-state index contributed by atoms with van der Waals surface area (Å²) in [7, 11) is 0. The van der Waals surface area contributed by atoms with E-state index < -0.39 is 12.0 Å². The number of carbonyl (C=O) groups excluding carboxylic acids is 1. The zero-order valence-corrected chi connectivity index (χ0v) is 15.8. The molecule has 1 spiro atoms. The summed E-state index contributed by atoms with van der Waals surface area (Å²) in [5.41, 5.74) is 1.39. The number of likely N-dealkylation sites (tertiary alicyclic amines) is 2. The predicted molar refractivity (Wildman–Crippen MR) is 98.6 cm³/mol. The number of halogens is 1. The lowest BCUT2D eigenvalue weighted by molar-refractivity contribution is -0.142. The summed E-state index contributed by atoms with van der Waals surface area (Å²) in [6.45, 7) is 4.36. The zero-order valence-electron chi connectivity index (χ0n) is 15.8. The minimum absolute atomic E-state index is 0.0510. The lowest BCUT2D eigenvalue weighted by Crippen LogP contribution is -2.44. The number of carboxylic acids is 1. The van der Waals surface area contributed by atoms with Crippen LogP contribution in [-0.2, 0) is 16.1 Å². The van der Waals surface area contributed by atoms with Gasteiger partial charge in [0.2, 0.25) is 5.91 Å².